The van der Waals surface area contributed by atoms with Crippen molar-refractivity contribution in [1.82, 2.24) is 10.3 Å². The van der Waals surface area contributed by atoms with Crippen molar-refractivity contribution in [3.63, 3.8) is 0 Å². The lowest BCUT2D eigenvalue weighted by Gasteiger charge is -2.14. The molecule has 0 aliphatic carbocycles. The van der Waals surface area contributed by atoms with Gasteiger partial charge in [-0.1, -0.05) is 20.8 Å². The van der Waals surface area contributed by atoms with Crippen molar-refractivity contribution in [2.24, 2.45) is 10.7 Å². The third-order valence-electron chi connectivity index (χ3n) is 2.25. The fraction of sp³-hybridized carbons (Fsp3) is 0.500. The van der Waals surface area contributed by atoms with Crippen LogP contribution in [-0.4, -0.2) is 16.9 Å². The topological polar surface area (TPSA) is 80.4 Å². The number of aliphatic imine (C=N–C) groups is 1. The summed E-state index contributed by atoms with van der Waals surface area (Å²) in [6.07, 6.45) is 0. The van der Waals surface area contributed by atoms with Crippen molar-refractivity contribution >= 4 is 23.2 Å². The average Bonchev–Trinajstić information content (AvgIpc) is 2.70. The molecule has 1 aromatic rings. The van der Waals surface area contributed by atoms with Gasteiger partial charge in [0.15, 0.2) is 0 Å². The second kappa shape index (κ2) is 3.55. The van der Waals surface area contributed by atoms with E-state index in [0.29, 0.717) is 0 Å². The number of nitrogens with one attached hydrogen (secondary N) is 1. The maximum Gasteiger partial charge on any atom is 0.343 e. The Bertz CT molecular complexity index is 458. The lowest BCUT2D eigenvalue weighted by atomic mass is 9.98. The Labute approximate surface area is 97.8 Å². The number of carbonyl (C=O) groups is 1. The largest absolute Gasteiger partial charge is 0.385 e. The number of amides is 2. The Hall–Kier alpha value is -1.43. The number of hydrogen-bond acceptors (Lipinski definition) is 4. The summed E-state index contributed by atoms with van der Waals surface area (Å²) < 4.78 is 0. The van der Waals surface area contributed by atoms with Gasteiger partial charge < -0.3 is 11.1 Å². The summed E-state index contributed by atoms with van der Waals surface area (Å²) in [6.45, 7) is 6.29. The van der Waals surface area contributed by atoms with Crippen LogP contribution >= 0.6 is 11.3 Å². The number of urea groups is 1. The molecular weight excluding hydrogens is 224 g/mol. The first kappa shape index (κ1) is 11.1. The van der Waals surface area contributed by atoms with Gasteiger partial charge in [-0.05, 0) is 0 Å². The Morgan fingerprint density at radius 1 is 1.50 bits per heavy atom. The minimum Gasteiger partial charge on any atom is -0.385 e. The molecule has 2 heterocycles. The molecule has 1 aliphatic heterocycles. The molecule has 1 aromatic heterocycles. The van der Waals surface area contributed by atoms with E-state index < -0.39 is 6.03 Å². The zero-order valence-electron chi connectivity index (χ0n) is 9.44. The first-order valence-electron chi connectivity index (χ1n) is 4.98. The highest BCUT2D eigenvalue weighted by Crippen LogP contribution is 2.28. The molecule has 0 aromatic carbocycles. The van der Waals surface area contributed by atoms with Gasteiger partial charge in [0, 0.05) is 10.8 Å². The highest BCUT2D eigenvalue weighted by molar-refractivity contribution is 7.09. The zero-order valence-corrected chi connectivity index (χ0v) is 10.3. The van der Waals surface area contributed by atoms with Crippen LogP contribution in [0.2, 0.25) is 0 Å². The van der Waals surface area contributed by atoms with Crippen LogP contribution in [0, 0.1) is 0 Å². The fourth-order valence-corrected chi connectivity index (χ4v) is 2.33. The van der Waals surface area contributed by atoms with Crippen molar-refractivity contribution in [3.8, 4) is 0 Å². The first-order valence-corrected chi connectivity index (χ1v) is 5.86. The number of hydrogen-bond donors (Lipinski definition) is 2. The van der Waals surface area contributed by atoms with Crippen LogP contribution in [0.25, 0.3) is 0 Å². The maximum atomic E-state index is 11.0. The minimum atomic E-state index is -0.396. The molecule has 0 saturated heterocycles. The monoisotopic (exact) mass is 238 g/mol. The summed E-state index contributed by atoms with van der Waals surface area (Å²) in [4.78, 5) is 19.2. The summed E-state index contributed by atoms with van der Waals surface area (Å²) in [5.41, 5.74) is 6.43. The highest BCUT2D eigenvalue weighted by atomic mass is 32.1. The van der Waals surface area contributed by atoms with Gasteiger partial charge in [-0.15, -0.1) is 11.3 Å². The molecule has 0 bridgehead atoms. The summed E-state index contributed by atoms with van der Waals surface area (Å²) in [7, 11) is 0. The van der Waals surface area contributed by atoms with Crippen LogP contribution in [-0.2, 0) is 5.41 Å². The van der Waals surface area contributed by atoms with E-state index in [1.54, 1.807) is 11.3 Å². The van der Waals surface area contributed by atoms with E-state index in [4.69, 9.17) is 5.73 Å². The molecule has 0 saturated carbocycles. The zero-order chi connectivity index (χ0) is 11.9. The molecule has 0 radical (unpaired) electrons. The van der Waals surface area contributed by atoms with Crippen LogP contribution in [0.4, 0.5) is 4.79 Å². The predicted octanol–water partition coefficient (Wildman–Crippen LogP) is 1.56. The number of carbonyl (C=O) groups excluding carboxylic acids is 1. The molecular formula is C10H14N4OS. The Balaban J connectivity index is 2.27. The van der Waals surface area contributed by atoms with Gasteiger partial charge in [0.2, 0.25) is 0 Å². The SMILES string of the molecule is CC(C)(C)c1nc(C2NC(=O)N=C2N)cs1. The van der Waals surface area contributed by atoms with Gasteiger partial charge in [-0.3, -0.25) is 0 Å². The summed E-state index contributed by atoms with van der Waals surface area (Å²) >= 11 is 1.57. The maximum absolute atomic E-state index is 11.0. The van der Waals surface area contributed by atoms with Crippen molar-refractivity contribution in [1.29, 1.82) is 0 Å². The predicted molar refractivity (Wildman–Crippen MR) is 63.7 cm³/mol. The van der Waals surface area contributed by atoms with E-state index in [1.807, 2.05) is 5.38 Å². The van der Waals surface area contributed by atoms with Crippen LogP contribution in [0.1, 0.15) is 37.5 Å². The molecule has 2 amide bonds. The Kier molecular flexibility index (Phi) is 2.46. The van der Waals surface area contributed by atoms with Gasteiger partial charge >= 0.3 is 6.03 Å². The van der Waals surface area contributed by atoms with E-state index in [-0.39, 0.29) is 17.3 Å². The van der Waals surface area contributed by atoms with Crippen molar-refractivity contribution in [3.05, 3.63) is 16.1 Å². The quantitative estimate of drug-likeness (QED) is 0.779. The van der Waals surface area contributed by atoms with Gasteiger partial charge in [0.1, 0.15) is 11.9 Å². The number of thiazole rings is 1. The Morgan fingerprint density at radius 3 is 2.62 bits per heavy atom. The van der Waals surface area contributed by atoms with E-state index in [0.717, 1.165) is 10.7 Å². The minimum absolute atomic E-state index is 0.0113. The number of nitrogens with two attached hydrogens (primary N) is 1. The lowest BCUT2D eigenvalue weighted by Crippen LogP contribution is -2.28. The van der Waals surface area contributed by atoms with Gasteiger partial charge in [0.05, 0.1) is 10.7 Å². The summed E-state index contributed by atoms with van der Waals surface area (Å²) in [6, 6.07) is -0.757. The van der Waals surface area contributed by atoms with Gasteiger partial charge in [-0.25, -0.2) is 9.78 Å². The van der Waals surface area contributed by atoms with E-state index in [1.165, 1.54) is 0 Å². The smallest absolute Gasteiger partial charge is 0.343 e. The van der Waals surface area contributed by atoms with E-state index >= 15 is 0 Å². The standard InChI is InChI=1S/C10H14N4OS/c1-10(2,3)8-12-5(4-16-8)6-7(11)14-9(15)13-6/h4,6H,1-3H3,(H3,11,13,14,15). The van der Waals surface area contributed by atoms with E-state index in [9.17, 15) is 4.79 Å². The Morgan fingerprint density at radius 2 is 2.19 bits per heavy atom. The third kappa shape index (κ3) is 1.92. The molecule has 6 heteroatoms. The van der Waals surface area contributed by atoms with Crippen LogP contribution in [0.5, 0.6) is 0 Å². The molecule has 1 atom stereocenters. The first-order chi connectivity index (χ1) is 7.38. The number of aromatic nitrogens is 1. The second-order valence-electron chi connectivity index (χ2n) is 4.75. The molecule has 86 valence electrons. The number of amidine groups is 1. The average molecular weight is 238 g/mol. The summed E-state index contributed by atoms with van der Waals surface area (Å²) in [5.74, 6) is 0.288. The second-order valence-corrected chi connectivity index (χ2v) is 5.60. The van der Waals surface area contributed by atoms with Gasteiger partial charge in [0.25, 0.3) is 0 Å². The highest BCUT2D eigenvalue weighted by Gasteiger charge is 2.28. The normalized spacial score (nSPS) is 20.8. The molecule has 0 spiro atoms. The molecule has 1 aliphatic rings. The van der Waals surface area contributed by atoms with Crippen molar-refractivity contribution in [2.75, 3.05) is 0 Å². The van der Waals surface area contributed by atoms with E-state index in [2.05, 4.69) is 36.1 Å². The molecule has 1 unspecified atom stereocenters. The molecule has 2 rings (SSSR count). The molecule has 0 fully saturated rings. The lowest BCUT2D eigenvalue weighted by molar-refractivity contribution is 0.250. The van der Waals surface area contributed by atoms with Crippen LogP contribution in [0.3, 0.4) is 0 Å². The van der Waals surface area contributed by atoms with Gasteiger partial charge in [-0.2, -0.15) is 4.99 Å². The van der Waals surface area contributed by atoms with Crippen molar-refractivity contribution < 1.29 is 4.79 Å². The molecule has 5 nitrogen and oxygen atoms in total. The number of rotatable bonds is 1. The summed E-state index contributed by atoms with van der Waals surface area (Å²) in [5, 5.41) is 5.60. The molecule has 16 heavy (non-hydrogen) atoms. The van der Waals surface area contributed by atoms with Crippen molar-refractivity contribution in [2.45, 2.75) is 32.2 Å². The van der Waals surface area contributed by atoms with Crippen LogP contribution in [0.15, 0.2) is 10.4 Å². The number of nitrogens with zero attached hydrogens (tertiary/aromatic N) is 2. The third-order valence-corrected chi connectivity index (χ3v) is 3.54. The van der Waals surface area contributed by atoms with Crippen LogP contribution < -0.4 is 11.1 Å². The molecule has 3 N–H and O–H groups in total. The fourth-order valence-electron chi connectivity index (χ4n) is 1.40.